The molecular formula is C18H29NO4. The quantitative estimate of drug-likeness (QED) is 0.788. The number of carbonyl (C=O) groups excluding carboxylic acids is 1. The number of rotatable bonds is 6. The van der Waals surface area contributed by atoms with Crippen LogP contribution in [0.5, 0.6) is 0 Å². The van der Waals surface area contributed by atoms with Gasteiger partial charge in [-0.05, 0) is 43.9 Å². The number of aliphatic carboxylic acids is 1. The lowest BCUT2D eigenvalue weighted by atomic mass is 9.54. The molecule has 1 amide bonds. The summed E-state index contributed by atoms with van der Waals surface area (Å²) in [5, 5.41) is 12.6. The fourth-order valence-electron chi connectivity index (χ4n) is 5.19. The molecule has 0 aromatic heterocycles. The lowest BCUT2D eigenvalue weighted by Crippen LogP contribution is -2.76. The largest absolute Gasteiger partial charge is 0.479 e. The van der Waals surface area contributed by atoms with Crippen LogP contribution in [0.15, 0.2) is 0 Å². The highest BCUT2D eigenvalue weighted by Gasteiger charge is 2.66. The Bertz CT molecular complexity index is 503. The van der Waals surface area contributed by atoms with E-state index in [1.807, 2.05) is 20.8 Å². The highest BCUT2D eigenvalue weighted by atomic mass is 16.5. The monoisotopic (exact) mass is 323 g/mol. The van der Waals surface area contributed by atoms with Gasteiger partial charge in [-0.25, -0.2) is 4.79 Å². The number of hydrogen-bond donors (Lipinski definition) is 2. The summed E-state index contributed by atoms with van der Waals surface area (Å²) in [6, 6.07) is 0. The van der Waals surface area contributed by atoms with Gasteiger partial charge in [-0.15, -0.1) is 0 Å². The van der Waals surface area contributed by atoms with Crippen LogP contribution >= 0.6 is 0 Å². The van der Waals surface area contributed by atoms with Gasteiger partial charge < -0.3 is 15.2 Å². The molecule has 0 heterocycles. The molecule has 130 valence electrons. The summed E-state index contributed by atoms with van der Waals surface area (Å²) in [6.45, 7) is 6.22. The molecule has 0 aromatic carbocycles. The number of carboxylic acid groups (broad SMARTS) is 1. The Balaban J connectivity index is 1.64. The molecule has 3 aliphatic carbocycles. The fourth-order valence-corrected chi connectivity index (χ4v) is 5.19. The summed E-state index contributed by atoms with van der Waals surface area (Å²) in [4.78, 5) is 24.4. The van der Waals surface area contributed by atoms with Crippen molar-refractivity contribution in [3.05, 3.63) is 0 Å². The van der Waals surface area contributed by atoms with E-state index in [1.165, 1.54) is 19.3 Å². The average Bonchev–Trinajstić information content (AvgIpc) is 3.08. The van der Waals surface area contributed by atoms with Crippen molar-refractivity contribution in [1.82, 2.24) is 5.32 Å². The highest BCUT2D eigenvalue weighted by molar-refractivity contribution is 5.89. The molecular weight excluding hydrogens is 294 g/mol. The summed E-state index contributed by atoms with van der Waals surface area (Å²) < 4.78 is 5.64. The van der Waals surface area contributed by atoms with Crippen molar-refractivity contribution < 1.29 is 19.4 Å². The lowest BCUT2D eigenvalue weighted by Gasteiger charge is -2.58. The molecule has 3 rings (SSSR count). The summed E-state index contributed by atoms with van der Waals surface area (Å²) in [5.41, 5.74) is -1.79. The van der Waals surface area contributed by atoms with Crippen molar-refractivity contribution in [1.29, 1.82) is 0 Å². The second-order valence-electron chi connectivity index (χ2n) is 8.27. The number of amides is 1. The van der Waals surface area contributed by atoms with Gasteiger partial charge in [-0.3, -0.25) is 4.79 Å². The van der Waals surface area contributed by atoms with Crippen LogP contribution in [0.4, 0.5) is 0 Å². The Morgan fingerprint density at radius 3 is 2.48 bits per heavy atom. The first-order valence-corrected chi connectivity index (χ1v) is 8.96. The van der Waals surface area contributed by atoms with Crippen LogP contribution in [0, 0.1) is 23.2 Å². The van der Waals surface area contributed by atoms with Gasteiger partial charge in [0.1, 0.15) is 5.54 Å². The van der Waals surface area contributed by atoms with Crippen LogP contribution in [0.1, 0.15) is 59.3 Å². The van der Waals surface area contributed by atoms with E-state index in [4.69, 9.17) is 4.74 Å². The third-order valence-corrected chi connectivity index (χ3v) is 6.81. The van der Waals surface area contributed by atoms with Gasteiger partial charge in [0, 0.05) is 24.9 Å². The van der Waals surface area contributed by atoms with Crippen LogP contribution in [-0.4, -0.2) is 35.2 Å². The molecule has 0 saturated heterocycles. The molecule has 23 heavy (non-hydrogen) atoms. The fraction of sp³-hybridized carbons (Fsp3) is 0.889. The van der Waals surface area contributed by atoms with E-state index >= 15 is 0 Å². The molecule has 5 atom stereocenters. The number of hydrogen-bond acceptors (Lipinski definition) is 3. The molecule has 0 radical (unpaired) electrons. The van der Waals surface area contributed by atoms with Gasteiger partial charge in [0.25, 0.3) is 0 Å². The van der Waals surface area contributed by atoms with E-state index in [1.54, 1.807) is 0 Å². The molecule has 0 spiro atoms. The van der Waals surface area contributed by atoms with Crippen molar-refractivity contribution in [3.8, 4) is 0 Å². The number of carboxylic acids is 1. The second-order valence-corrected chi connectivity index (χ2v) is 8.27. The van der Waals surface area contributed by atoms with Gasteiger partial charge in [0.15, 0.2) is 0 Å². The molecule has 2 bridgehead atoms. The Labute approximate surface area is 138 Å². The summed E-state index contributed by atoms with van der Waals surface area (Å²) in [6.07, 6.45) is 5.67. The average molecular weight is 323 g/mol. The van der Waals surface area contributed by atoms with E-state index in [2.05, 4.69) is 5.32 Å². The predicted molar refractivity (Wildman–Crippen MR) is 85.9 cm³/mol. The number of nitrogens with one attached hydrogen (secondary N) is 1. The lowest BCUT2D eigenvalue weighted by molar-refractivity contribution is -0.194. The maximum Gasteiger partial charge on any atom is 0.330 e. The molecule has 0 aliphatic heterocycles. The standard InChI is InChI=1S/C18H29NO4/c1-4-23-14-10-18(16(21)22,17(14,2)3)19-15(20)9-13-8-11-5-6-12(13)7-11/h11-14H,4-10H2,1-3H3,(H,19,20)(H,21,22). The predicted octanol–water partition coefficient (Wildman–Crippen LogP) is 2.59. The molecule has 3 aliphatic rings. The van der Waals surface area contributed by atoms with Crippen LogP contribution < -0.4 is 5.32 Å². The van der Waals surface area contributed by atoms with Crippen molar-refractivity contribution in [2.45, 2.75) is 70.9 Å². The van der Waals surface area contributed by atoms with Crippen molar-refractivity contribution >= 4 is 11.9 Å². The molecule has 5 heteroatoms. The van der Waals surface area contributed by atoms with Gasteiger partial charge >= 0.3 is 5.97 Å². The van der Waals surface area contributed by atoms with Crippen LogP contribution in [0.3, 0.4) is 0 Å². The van der Waals surface area contributed by atoms with Crippen molar-refractivity contribution in [2.75, 3.05) is 6.61 Å². The topological polar surface area (TPSA) is 75.6 Å². The Kier molecular flexibility index (Phi) is 4.20. The maximum atomic E-state index is 12.5. The number of carbonyl (C=O) groups is 2. The Hall–Kier alpha value is -1.10. The zero-order valence-corrected chi connectivity index (χ0v) is 14.4. The Morgan fingerprint density at radius 2 is 2.00 bits per heavy atom. The Morgan fingerprint density at radius 1 is 1.26 bits per heavy atom. The minimum Gasteiger partial charge on any atom is -0.479 e. The van der Waals surface area contributed by atoms with Crippen molar-refractivity contribution in [3.63, 3.8) is 0 Å². The van der Waals surface area contributed by atoms with E-state index in [-0.39, 0.29) is 12.0 Å². The maximum absolute atomic E-state index is 12.5. The van der Waals surface area contributed by atoms with Crippen molar-refractivity contribution in [2.24, 2.45) is 23.2 Å². The van der Waals surface area contributed by atoms with Gasteiger partial charge in [0.2, 0.25) is 5.91 Å². The summed E-state index contributed by atoms with van der Waals surface area (Å²) in [7, 11) is 0. The SMILES string of the molecule is CCOC1CC(NC(=O)CC2CC3CCC2C3)(C(=O)O)C1(C)C. The van der Waals surface area contributed by atoms with Gasteiger partial charge in [0.05, 0.1) is 6.10 Å². The first kappa shape index (κ1) is 16.7. The second kappa shape index (κ2) is 5.76. The van der Waals surface area contributed by atoms with Crippen LogP contribution in [-0.2, 0) is 14.3 Å². The minimum absolute atomic E-state index is 0.104. The normalized spacial score (nSPS) is 40.7. The number of ether oxygens (including phenoxy) is 1. The third kappa shape index (κ3) is 2.57. The van der Waals surface area contributed by atoms with E-state index in [0.29, 0.717) is 31.3 Å². The van der Waals surface area contributed by atoms with Gasteiger partial charge in [-0.2, -0.15) is 0 Å². The number of fused-ring (bicyclic) bond motifs is 2. The first-order valence-electron chi connectivity index (χ1n) is 8.96. The van der Waals surface area contributed by atoms with E-state index in [9.17, 15) is 14.7 Å². The molecule has 0 aromatic rings. The first-order chi connectivity index (χ1) is 10.8. The van der Waals surface area contributed by atoms with Crippen LogP contribution in [0.25, 0.3) is 0 Å². The molecule has 3 fully saturated rings. The smallest absolute Gasteiger partial charge is 0.330 e. The van der Waals surface area contributed by atoms with Gasteiger partial charge in [-0.1, -0.05) is 20.3 Å². The van der Waals surface area contributed by atoms with Crippen LogP contribution in [0.2, 0.25) is 0 Å². The minimum atomic E-state index is -1.19. The van der Waals surface area contributed by atoms with E-state index in [0.717, 1.165) is 12.3 Å². The molecule has 5 unspecified atom stereocenters. The zero-order chi connectivity index (χ0) is 16.8. The van der Waals surface area contributed by atoms with E-state index < -0.39 is 16.9 Å². The molecule has 3 saturated carbocycles. The zero-order valence-electron chi connectivity index (χ0n) is 14.4. The molecule has 5 nitrogen and oxygen atoms in total. The summed E-state index contributed by atoms with van der Waals surface area (Å²) >= 11 is 0. The highest BCUT2D eigenvalue weighted by Crippen LogP contribution is 2.52. The summed E-state index contributed by atoms with van der Waals surface area (Å²) in [5.74, 6) is 0.879. The third-order valence-electron chi connectivity index (χ3n) is 6.81. The molecule has 2 N–H and O–H groups in total.